The molecule has 3 aromatic rings. The van der Waals surface area contributed by atoms with Crippen LogP contribution >= 0.6 is 27.5 Å². The summed E-state index contributed by atoms with van der Waals surface area (Å²) in [5.74, 6) is 0.0914. The Morgan fingerprint density at radius 3 is 2.50 bits per heavy atom. The van der Waals surface area contributed by atoms with Crippen LogP contribution in [-0.2, 0) is 4.79 Å². The van der Waals surface area contributed by atoms with E-state index < -0.39 is 0 Å². The number of hydrazone groups is 1. The quantitative estimate of drug-likeness (QED) is 0.289. The molecular weight excluding hydrogens is 522 g/mol. The summed E-state index contributed by atoms with van der Waals surface area (Å²) in [6, 6.07) is 15.9. The summed E-state index contributed by atoms with van der Waals surface area (Å²) < 4.78 is 11.6. The van der Waals surface area contributed by atoms with Crippen molar-refractivity contribution >= 4 is 51.2 Å². The lowest BCUT2D eigenvalue weighted by Crippen LogP contribution is -2.20. The number of carbonyl (C=O) groups is 2. The SMILES string of the molecule is COc1cc(/C=N/NC(=O)c2ccc(C)cc2)cc(Br)c1OCC(=O)Nc1ccc(C)c(Cl)c1. The highest BCUT2D eigenvalue weighted by molar-refractivity contribution is 9.10. The van der Waals surface area contributed by atoms with E-state index >= 15 is 0 Å². The van der Waals surface area contributed by atoms with E-state index in [1.165, 1.54) is 13.3 Å². The molecule has 0 radical (unpaired) electrons. The van der Waals surface area contributed by atoms with Crippen LogP contribution in [0.4, 0.5) is 5.69 Å². The van der Waals surface area contributed by atoms with Crippen molar-refractivity contribution in [2.24, 2.45) is 5.10 Å². The number of benzene rings is 3. The van der Waals surface area contributed by atoms with Crippen LogP contribution in [0.15, 0.2) is 64.2 Å². The average molecular weight is 545 g/mol. The Morgan fingerprint density at radius 1 is 1.09 bits per heavy atom. The molecular formula is C25H23BrClN3O4. The molecule has 0 aliphatic carbocycles. The van der Waals surface area contributed by atoms with Crippen molar-refractivity contribution < 1.29 is 19.1 Å². The first-order chi connectivity index (χ1) is 16.3. The number of amides is 2. The Bertz CT molecular complexity index is 1230. The van der Waals surface area contributed by atoms with Crippen LogP contribution in [0.25, 0.3) is 0 Å². The molecule has 0 aliphatic rings. The molecule has 2 N–H and O–H groups in total. The minimum absolute atomic E-state index is 0.236. The second-order valence-electron chi connectivity index (χ2n) is 7.40. The van der Waals surface area contributed by atoms with Gasteiger partial charge in [0.15, 0.2) is 18.1 Å². The van der Waals surface area contributed by atoms with Crippen LogP contribution in [0.1, 0.15) is 27.0 Å². The highest BCUT2D eigenvalue weighted by Crippen LogP contribution is 2.36. The van der Waals surface area contributed by atoms with Crippen molar-refractivity contribution in [3.63, 3.8) is 0 Å². The molecule has 0 bridgehead atoms. The molecule has 2 amide bonds. The number of ether oxygens (including phenoxy) is 2. The summed E-state index contributed by atoms with van der Waals surface area (Å²) in [4.78, 5) is 24.5. The first-order valence-electron chi connectivity index (χ1n) is 10.2. The lowest BCUT2D eigenvalue weighted by molar-refractivity contribution is -0.118. The summed E-state index contributed by atoms with van der Waals surface area (Å²) in [5.41, 5.74) is 6.22. The fourth-order valence-electron chi connectivity index (χ4n) is 2.89. The van der Waals surface area contributed by atoms with E-state index in [0.717, 1.165) is 11.1 Å². The Hall–Kier alpha value is -3.36. The number of nitrogens with one attached hydrogen (secondary N) is 2. The van der Waals surface area contributed by atoms with Gasteiger partial charge < -0.3 is 14.8 Å². The van der Waals surface area contributed by atoms with E-state index in [1.807, 2.05) is 32.0 Å². The van der Waals surface area contributed by atoms with E-state index in [0.29, 0.717) is 37.8 Å². The summed E-state index contributed by atoms with van der Waals surface area (Å²) in [6.45, 7) is 3.60. The van der Waals surface area contributed by atoms with Crippen LogP contribution in [0.3, 0.4) is 0 Å². The zero-order chi connectivity index (χ0) is 24.7. The molecule has 7 nitrogen and oxygen atoms in total. The summed E-state index contributed by atoms with van der Waals surface area (Å²) >= 11 is 9.53. The zero-order valence-corrected chi connectivity index (χ0v) is 21.2. The molecule has 0 unspecified atom stereocenters. The molecule has 34 heavy (non-hydrogen) atoms. The Morgan fingerprint density at radius 2 is 1.82 bits per heavy atom. The maximum atomic E-state index is 12.3. The van der Waals surface area contributed by atoms with E-state index in [2.05, 4.69) is 31.8 Å². The third-order valence-electron chi connectivity index (χ3n) is 4.75. The van der Waals surface area contributed by atoms with Crippen molar-refractivity contribution in [3.8, 4) is 11.5 Å². The highest BCUT2D eigenvalue weighted by Gasteiger charge is 2.14. The standard InChI is InChI=1S/C25H23BrClN3O4/c1-15-4-7-18(8-5-15)25(32)30-28-13-17-10-20(26)24(22(11-17)33-3)34-14-23(31)29-19-9-6-16(2)21(27)12-19/h4-13H,14H2,1-3H3,(H,29,31)(H,30,32)/b28-13+. The largest absolute Gasteiger partial charge is 0.493 e. The van der Waals surface area contributed by atoms with E-state index in [1.54, 1.807) is 36.4 Å². The van der Waals surface area contributed by atoms with Gasteiger partial charge in [0.2, 0.25) is 0 Å². The van der Waals surface area contributed by atoms with Gasteiger partial charge in [-0.05, 0) is 77.3 Å². The third-order valence-corrected chi connectivity index (χ3v) is 5.74. The second-order valence-corrected chi connectivity index (χ2v) is 8.66. The van der Waals surface area contributed by atoms with Crippen molar-refractivity contribution in [2.45, 2.75) is 13.8 Å². The van der Waals surface area contributed by atoms with Crippen molar-refractivity contribution in [1.29, 1.82) is 0 Å². The number of rotatable bonds is 8. The number of hydrogen-bond acceptors (Lipinski definition) is 5. The number of anilines is 1. The number of aryl methyl sites for hydroxylation is 2. The van der Waals surface area contributed by atoms with Gasteiger partial charge in [0.05, 0.1) is 17.8 Å². The van der Waals surface area contributed by atoms with E-state index in [9.17, 15) is 9.59 Å². The van der Waals surface area contributed by atoms with Gasteiger partial charge in [0.1, 0.15) is 0 Å². The van der Waals surface area contributed by atoms with Gasteiger partial charge in [-0.2, -0.15) is 5.10 Å². The maximum Gasteiger partial charge on any atom is 0.271 e. The molecule has 0 saturated carbocycles. The Balaban J connectivity index is 1.62. The van der Waals surface area contributed by atoms with Crippen LogP contribution in [0.5, 0.6) is 11.5 Å². The molecule has 0 heterocycles. The predicted octanol–water partition coefficient (Wildman–Crippen LogP) is 5.51. The van der Waals surface area contributed by atoms with Crippen molar-refractivity contribution in [2.75, 3.05) is 19.0 Å². The van der Waals surface area contributed by atoms with Crippen LogP contribution in [0, 0.1) is 13.8 Å². The van der Waals surface area contributed by atoms with Crippen LogP contribution < -0.4 is 20.2 Å². The van der Waals surface area contributed by atoms with Gasteiger partial charge in [-0.25, -0.2) is 5.43 Å². The number of nitrogens with zero attached hydrogens (tertiary/aromatic N) is 1. The minimum atomic E-state index is -0.349. The molecule has 0 spiro atoms. The van der Waals surface area contributed by atoms with Crippen molar-refractivity contribution in [1.82, 2.24) is 5.43 Å². The van der Waals surface area contributed by atoms with Crippen LogP contribution in [-0.4, -0.2) is 31.7 Å². The van der Waals surface area contributed by atoms with E-state index in [-0.39, 0.29) is 18.4 Å². The monoisotopic (exact) mass is 543 g/mol. The molecule has 0 aliphatic heterocycles. The van der Waals surface area contributed by atoms with Gasteiger partial charge in [-0.3, -0.25) is 9.59 Å². The first kappa shape index (κ1) is 25.3. The summed E-state index contributed by atoms with van der Waals surface area (Å²) in [6.07, 6.45) is 1.48. The topological polar surface area (TPSA) is 89.0 Å². The highest BCUT2D eigenvalue weighted by atomic mass is 79.9. The van der Waals surface area contributed by atoms with Crippen LogP contribution in [0.2, 0.25) is 5.02 Å². The fraction of sp³-hybridized carbons (Fsp3) is 0.160. The molecule has 0 aromatic heterocycles. The van der Waals surface area contributed by atoms with Gasteiger partial charge in [-0.15, -0.1) is 0 Å². The number of hydrogen-bond donors (Lipinski definition) is 2. The smallest absolute Gasteiger partial charge is 0.271 e. The normalized spacial score (nSPS) is 10.7. The molecule has 3 rings (SSSR count). The summed E-state index contributed by atoms with van der Waals surface area (Å²) in [5, 5.41) is 7.31. The lowest BCUT2D eigenvalue weighted by atomic mass is 10.1. The predicted molar refractivity (Wildman–Crippen MR) is 137 cm³/mol. The molecule has 0 saturated heterocycles. The van der Waals surface area contributed by atoms with Crippen molar-refractivity contribution in [3.05, 3.63) is 86.3 Å². The molecule has 0 atom stereocenters. The van der Waals surface area contributed by atoms with Gasteiger partial charge in [0, 0.05) is 16.3 Å². The molecule has 9 heteroatoms. The molecule has 0 fully saturated rings. The fourth-order valence-corrected chi connectivity index (χ4v) is 3.65. The Kier molecular flexibility index (Phi) is 8.67. The second kappa shape index (κ2) is 11.7. The van der Waals surface area contributed by atoms with Gasteiger partial charge in [-0.1, -0.05) is 35.4 Å². The zero-order valence-electron chi connectivity index (χ0n) is 18.8. The third kappa shape index (κ3) is 6.82. The number of methoxy groups -OCH3 is 1. The average Bonchev–Trinajstić information content (AvgIpc) is 2.80. The van der Waals surface area contributed by atoms with Gasteiger partial charge in [0.25, 0.3) is 11.8 Å². The molecule has 3 aromatic carbocycles. The first-order valence-corrected chi connectivity index (χ1v) is 11.4. The minimum Gasteiger partial charge on any atom is -0.493 e. The van der Waals surface area contributed by atoms with Gasteiger partial charge >= 0.3 is 0 Å². The number of halogens is 2. The maximum absolute atomic E-state index is 12.3. The Labute approximate surface area is 211 Å². The lowest BCUT2D eigenvalue weighted by Gasteiger charge is -2.13. The molecule has 176 valence electrons. The summed E-state index contributed by atoms with van der Waals surface area (Å²) in [7, 11) is 1.49. The number of carbonyl (C=O) groups excluding carboxylic acids is 2. The van der Waals surface area contributed by atoms with E-state index in [4.69, 9.17) is 21.1 Å².